The number of benzene rings is 1. The molecular weight excluding hydrogens is 296 g/mol. The molecule has 0 spiro atoms. The second-order valence-electron chi connectivity index (χ2n) is 5.95. The van der Waals surface area contributed by atoms with Crippen molar-refractivity contribution in [2.24, 2.45) is 4.99 Å². The van der Waals surface area contributed by atoms with Crippen molar-refractivity contribution in [3.05, 3.63) is 34.9 Å². The second-order valence-corrected chi connectivity index (χ2v) is 6.38. The molecule has 0 amide bonds. The van der Waals surface area contributed by atoms with Crippen LogP contribution in [-0.2, 0) is 6.54 Å². The summed E-state index contributed by atoms with van der Waals surface area (Å²) in [4.78, 5) is 7.09. The Labute approximate surface area is 138 Å². The van der Waals surface area contributed by atoms with Gasteiger partial charge < -0.3 is 10.6 Å². The number of hydrogen-bond acceptors (Lipinski definition) is 2. The Morgan fingerprint density at radius 1 is 1.32 bits per heavy atom. The van der Waals surface area contributed by atoms with Crippen LogP contribution in [0.4, 0.5) is 0 Å². The third-order valence-electron chi connectivity index (χ3n) is 4.06. The van der Waals surface area contributed by atoms with Gasteiger partial charge in [-0.1, -0.05) is 23.7 Å². The molecule has 0 radical (unpaired) electrons. The van der Waals surface area contributed by atoms with E-state index in [4.69, 9.17) is 11.6 Å². The number of guanidine groups is 1. The van der Waals surface area contributed by atoms with Gasteiger partial charge in [-0.2, -0.15) is 0 Å². The number of rotatable bonds is 7. The molecule has 2 rings (SSSR count). The van der Waals surface area contributed by atoms with E-state index in [1.54, 1.807) is 0 Å². The topological polar surface area (TPSA) is 39.7 Å². The lowest BCUT2D eigenvalue weighted by Crippen LogP contribution is -2.45. The molecule has 1 unspecified atom stereocenters. The quantitative estimate of drug-likeness (QED) is 0.599. The summed E-state index contributed by atoms with van der Waals surface area (Å²) in [5.41, 5.74) is 1.16. The van der Waals surface area contributed by atoms with E-state index in [0.717, 1.165) is 35.7 Å². The van der Waals surface area contributed by atoms with E-state index in [1.807, 2.05) is 24.3 Å². The van der Waals surface area contributed by atoms with Crippen LogP contribution in [0, 0.1) is 0 Å². The summed E-state index contributed by atoms with van der Waals surface area (Å²) >= 11 is 5.90. The van der Waals surface area contributed by atoms with Crippen molar-refractivity contribution in [3.8, 4) is 0 Å². The van der Waals surface area contributed by atoms with E-state index >= 15 is 0 Å². The number of nitrogens with zero attached hydrogens (tertiary/aromatic N) is 2. The van der Waals surface area contributed by atoms with E-state index in [0.29, 0.717) is 12.6 Å². The van der Waals surface area contributed by atoms with Crippen molar-refractivity contribution >= 4 is 17.6 Å². The van der Waals surface area contributed by atoms with Crippen molar-refractivity contribution < 1.29 is 0 Å². The van der Waals surface area contributed by atoms with Crippen LogP contribution in [0.5, 0.6) is 0 Å². The second kappa shape index (κ2) is 8.39. The van der Waals surface area contributed by atoms with Gasteiger partial charge in [-0.05, 0) is 51.4 Å². The molecule has 1 fully saturated rings. The Bertz CT molecular complexity index is 482. The highest BCUT2D eigenvalue weighted by atomic mass is 35.5. The van der Waals surface area contributed by atoms with Crippen LogP contribution in [0.3, 0.4) is 0 Å². The van der Waals surface area contributed by atoms with Gasteiger partial charge in [-0.3, -0.25) is 4.90 Å². The third-order valence-corrected chi connectivity index (χ3v) is 4.31. The van der Waals surface area contributed by atoms with Crippen LogP contribution >= 0.6 is 11.6 Å². The molecule has 5 heteroatoms. The summed E-state index contributed by atoms with van der Waals surface area (Å²) < 4.78 is 0. The Balaban J connectivity index is 1.84. The lowest BCUT2D eigenvalue weighted by molar-refractivity contribution is 0.247. The summed E-state index contributed by atoms with van der Waals surface area (Å²) in [6.45, 7) is 6.76. The molecule has 1 aliphatic carbocycles. The van der Waals surface area contributed by atoms with Crippen molar-refractivity contribution in [3.63, 3.8) is 0 Å². The summed E-state index contributed by atoms with van der Waals surface area (Å²) in [5.74, 6) is 0.869. The molecule has 1 aromatic carbocycles. The molecule has 0 bridgehead atoms. The maximum Gasteiger partial charge on any atom is 0.191 e. The third kappa shape index (κ3) is 5.50. The molecule has 0 aromatic heterocycles. The summed E-state index contributed by atoms with van der Waals surface area (Å²) in [6, 6.07) is 9.12. The van der Waals surface area contributed by atoms with E-state index < -0.39 is 0 Å². The molecule has 0 aliphatic heterocycles. The first kappa shape index (κ1) is 17.1. The largest absolute Gasteiger partial charge is 0.357 e. The maximum atomic E-state index is 5.90. The van der Waals surface area contributed by atoms with Crippen LogP contribution in [0.25, 0.3) is 0 Å². The molecular formula is C17H27ClN4. The number of aliphatic imine (C=N–C) groups is 1. The average molecular weight is 323 g/mol. The zero-order chi connectivity index (χ0) is 15.9. The predicted octanol–water partition coefficient (Wildman–Crippen LogP) is 2.88. The van der Waals surface area contributed by atoms with E-state index in [2.05, 4.69) is 41.4 Å². The Kier molecular flexibility index (Phi) is 6.52. The molecule has 1 atom stereocenters. The molecule has 0 heterocycles. The van der Waals surface area contributed by atoms with Gasteiger partial charge in [-0.15, -0.1) is 0 Å². The van der Waals surface area contributed by atoms with Gasteiger partial charge in [0.15, 0.2) is 5.96 Å². The van der Waals surface area contributed by atoms with Crippen molar-refractivity contribution in [2.45, 2.75) is 45.3 Å². The first-order valence-corrected chi connectivity index (χ1v) is 8.46. The lowest BCUT2D eigenvalue weighted by Gasteiger charge is -2.25. The maximum absolute atomic E-state index is 5.90. The van der Waals surface area contributed by atoms with E-state index in [-0.39, 0.29) is 0 Å². The molecule has 22 heavy (non-hydrogen) atoms. The smallest absolute Gasteiger partial charge is 0.191 e. The van der Waals surface area contributed by atoms with Gasteiger partial charge in [0.05, 0.1) is 6.54 Å². The van der Waals surface area contributed by atoms with E-state index in [1.165, 1.54) is 12.8 Å². The molecule has 0 saturated heterocycles. The van der Waals surface area contributed by atoms with Crippen molar-refractivity contribution in [1.29, 1.82) is 0 Å². The Morgan fingerprint density at radius 2 is 2.00 bits per heavy atom. The number of hydrogen-bond donors (Lipinski definition) is 2. The van der Waals surface area contributed by atoms with Gasteiger partial charge >= 0.3 is 0 Å². The fraction of sp³-hybridized carbons (Fsp3) is 0.588. The van der Waals surface area contributed by atoms with Crippen LogP contribution in [0.1, 0.15) is 32.3 Å². The molecule has 122 valence electrons. The van der Waals surface area contributed by atoms with E-state index in [9.17, 15) is 0 Å². The fourth-order valence-electron chi connectivity index (χ4n) is 2.33. The SMILES string of the molecule is CCNC(=NCc1ccc(Cl)cc1)NCC(C)N(C)C1CC1. The molecule has 1 saturated carbocycles. The van der Waals surface area contributed by atoms with Crippen LogP contribution in [0.2, 0.25) is 5.02 Å². The summed E-state index contributed by atoms with van der Waals surface area (Å²) in [5, 5.41) is 7.49. The highest BCUT2D eigenvalue weighted by molar-refractivity contribution is 6.30. The van der Waals surface area contributed by atoms with Crippen LogP contribution in [0.15, 0.2) is 29.3 Å². The van der Waals surface area contributed by atoms with Gasteiger partial charge in [0.2, 0.25) is 0 Å². The molecule has 4 nitrogen and oxygen atoms in total. The van der Waals surface area contributed by atoms with Crippen molar-refractivity contribution in [1.82, 2.24) is 15.5 Å². The standard InChI is InChI=1S/C17H27ClN4/c1-4-19-17(20-11-13(2)22(3)16-9-10-16)21-12-14-5-7-15(18)8-6-14/h5-8,13,16H,4,9-12H2,1-3H3,(H2,19,20,21). The predicted molar refractivity (Wildman–Crippen MR) is 94.5 cm³/mol. The zero-order valence-electron chi connectivity index (χ0n) is 13.8. The molecule has 2 N–H and O–H groups in total. The van der Waals surface area contributed by atoms with Gasteiger partial charge in [-0.25, -0.2) is 4.99 Å². The minimum atomic E-state index is 0.506. The normalized spacial score (nSPS) is 16.7. The highest BCUT2D eigenvalue weighted by Crippen LogP contribution is 2.26. The van der Waals surface area contributed by atoms with Gasteiger partial charge in [0.1, 0.15) is 0 Å². The fourth-order valence-corrected chi connectivity index (χ4v) is 2.46. The Morgan fingerprint density at radius 3 is 2.59 bits per heavy atom. The number of nitrogens with one attached hydrogen (secondary N) is 2. The van der Waals surface area contributed by atoms with Gasteiger partial charge in [0, 0.05) is 30.2 Å². The number of halogens is 1. The number of likely N-dealkylation sites (N-methyl/N-ethyl adjacent to an activating group) is 1. The van der Waals surface area contributed by atoms with Crippen molar-refractivity contribution in [2.75, 3.05) is 20.1 Å². The van der Waals surface area contributed by atoms with Crippen LogP contribution in [-0.4, -0.2) is 43.1 Å². The minimum absolute atomic E-state index is 0.506. The first-order chi connectivity index (χ1) is 10.6. The first-order valence-electron chi connectivity index (χ1n) is 8.08. The van der Waals surface area contributed by atoms with Crippen LogP contribution < -0.4 is 10.6 Å². The lowest BCUT2D eigenvalue weighted by atomic mass is 10.2. The Hall–Kier alpha value is -1.26. The average Bonchev–Trinajstić information content (AvgIpc) is 3.35. The van der Waals surface area contributed by atoms with Gasteiger partial charge in [0.25, 0.3) is 0 Å². The monoisotopic (exact) mass is 322 g/mol. The summed E-state index contributed by atoms with van der Waals surface area (Å²) in [6.07, 6.45) is 2.68. The minimum Gasteiger partial charge on any atom is -0.357 e. The summed E-state index contributed by atoms with van der Waals surface area (Å²) in [7, 11) is 2.21. The molecule has 1 aliphatic rings. The zero-order valence-corrected chi connectivity index (χ0v) is 14.5. The molecule has 1 aromatic rings. The highest BCUT2D eigenvalue weighted by Gasteiger charge is 2.28.